The molecule has 3 rings (SSSR count). The molecule has 1 aromatic carbocycles. The second-order valence-corrected chi connectivity index (χ2v) is 7.49. The predicted octanol–water partition coefficient (Wildman–Crippen LogP) is 1.02. The summed E-state index contributed by atoms with van der Waals surface area (Å²) in [7, 11) is 1.68. The lowest BCUT2D eigenvalue weighted by Gasteiger charge is -2.31. The van der Waals surface area contributed by atoms with Crippen molar-refractivity contribution in [3.63, 3.8) is 0 Å². The number of pyridine rings is 1. The number of nitrogens with zero attached hydrogens (tertiary/aromatic N) is 3. The van der Waals surface area contributed by atoms with Crippen molar-refractivity contribution in [2.75, 3.05) is 26.7 Å². The molecule has 0 bridgehead atoms. The Morgan fingerprint density at radius 1 is 1.07 bits per heavy atom. The SMILES string of the molecule is CC(=O)N(C)CCN1CCn2c(ccc(C(=O)NCc3ccc(C)cc3)c2=O)C1=O. The second kappa shape index (κ2) is 8.94. The number of fused-ring (bicyclic) bond motifs is 1. The molecular formula is C22H26N4O4. The molecule has 0 saturated carbocycles. The quantitative estimate of drug-likeness (QED) is 0.770. The first-order valence-electron chi connectivity index (χ1n) is 9.86. The van der Waals surface area contributed by atoms with Crippen LogP contribution in [0.15, 0.2) is 41.2 Å². The summed E-state index contributed by atoms with van der Waals surface area (Å²) in [6, 6.07) is 10.7. The molecule has 0 atom stereocenters. The third-order valence-corrected chi connectivity index (χ3v) is 5.34. The summed E-state index contributed by atoms with van der Waals surface area (Å²) in [5, 5.41) is 2.76. The largest absolute Gasteiger partial charge is 0.348 e. The first-order valence-corrected chi connectivity index (χ1v) is 9.86. The van der Waals surface area contributed by atoms with Crippen LogP contribution in [0.3, 0.4) is 0 Å². The maximum Gasteiger partial charge on any atom is 0.270 e. The molecule has 0 spiro atoms. The van der Waals surface area contributed by atoms with Gasteiger partial charge in [0, 0.05) is 46.7 Å². The van der Waals surface area contributed by atoms with Crippen molar-refractivity contribution < 1.29 is 14.4 Å². The van der Waals surface area contributed by atoms with Crippen molar-refractivity contribution in [2.24, 2.45) is 0 Å². The molecular weight excluding hydrogens is 384 g/mol. The van der Waals surface area contributed by atoms with E-state index in [9.17, 15) is 19.2 Å². The lowest BCUT2D eigenvalue weighted by molar-refractivity contribution is -0.127. The average molecular weight is 410 g/mol. The molecule has 2 aromatic rings. The summed E-state index contributed by atoms with van der Waals surface area (Å²) in [6.07, 6.45) is 0. The fourth-order valence-corrected chi connectivity index (χ4v) is 3.27. The van der Waals surface area contributed by atoms with E-state index in [1.165, 1.54) is 28.5 Å². The molecule has 2 heterocycles. The van der Waals surface area contributed by atoms with Crippen LogP contribution < -0.4 is 10.9 Å². The van der Waals surface area contributed by atoms with E-state index in [0.29, 0.717) is 32.7 Å². The summed E-state index contributed by atoms with van der Waals surface area (Å²) in [5.74, 6) is -0.812. The van der Waals surface area contributed by atoms with Gasteiger partial charge >= 0.3 is 0 Å². The summed E-state index contributed by atoms with van der Waals surface area (Å²) < 4.78 is 1.36. The Morgan fingerprint density at radius 2 is 1.77 bits per heavy atom. The average Bonchev–Trinajstić information content (AvgIpc) is 2.72. The molecule has 0 fully saturated rings. The number of rotatable bonds is 6. The molecule has 8 nitrogen and oxygen atoms in total. The number of aryl methyl sites for hydroxylation is 1. The van der Waals surface area contributed by atoms with E-state index in [1.807, 2.05) is 31.2 Å². The van der Waals surface area contributed by atoms with Crippen LogP contribution in [0.1, 0.15) is 38.9 Å². The zero-order chi connectivity index (χ0) is 21.8. The van der Waals surface area contributed by atoms with E-state index >= 15 is 0 Å². The highest BCUT2D eigenvalue weighted by Crippen LogP contribution is 2.11. The number of likely N-dealkylation sites (N-methyl/N-ethyl adjacent to an activating group) is 1. The zero-order valence-electron chi connectivity index (χ0n) is 17.5. The van der Waals surface area contributed by atoms with Crippen molar-refractivity contribution in [3.8, 4) is 0 Å². The molecule has 0 unspecified atom stereocenters. The minimum atomic E-state index is -0.470. The van der Waals surface area contributed by atoms with Gasteiger partial charge in [0.15, 0.2) is 0 Å². The van der Waals surface area contributed by atoms with Crippen molar-refractivity contribution in [1.82, 2.24) is 19.7 Å². The molecule has 0 saturated heterocycles. The number of carbonyl (C=O) groups excluding carboxylic acids is 3. The summed E-state index contributed by atoms with van der Waals surface area (Å²) in [4.78, 5) is 52.5. The third kappa shape index (κ3) is 4.59. The van der Waals surface area contributed by atoms with Gasteiger partial charge in [-0.25, -0.2) is 0 Å². The number of hydrogen-bond donors (Lipinski definition) is 1. The van der Waals surface area contributed by atoms with Crippen LogP contribution >= 0.6 is 0 Å². The molecule has 1 aliphatic heterocycles. The maximum atomic E-state index is 12.8. The van der Waals surface area contributed by atoms with Crippen LogP contribution in [0.2, 0.25) is 0 Å². The van der Waals surface area contributed by atoms with Gasteiger partial charge in [-0.1, -0.05) is 29.8 Å². The lowest BCUT2D eigenvalue weighted by Crippen LogP contribution is -2.48. The Labute approximate surface area is 175 Å². The van der Waals surface area contributed by atoms with E-state index < -0.39 is 11.5 Å². The monoisotopic (exact) mass is 410 g/mol. The van der Waals surface area contributed by atoms with Crippen LogP contribution in [-0.2, 0) is 17.9 Å². The summed E-state index contributed by atoms with van der Waals surface area (Å²) >= 11 is 0. The van der Waals surface area contributed by atoms with Gasteiger partial charge in [-0.05, 0) is 24.6 Å². The molecule has 1 aromatic heterocycles. The second-order valence-electron chi connectivity index (χ2n) is 7.49. The molecule has 0 aliphatic carbocycles. The minimum absolute atomic E-state index is 0.0171. The Hall–Kier alpha value is -3.42. The number of aromatic nitrogens is 1. The highest BCUT2D eigenvalue weighted by Gasteiger charge is 2.27. The highest BCUT2D eigenvalue weighted by molar-refractivity contribution is 5.96. The van der Waals surface area contributed by atoms with Crippen molar-refractivity contribution in [1.29, 1.82) is 0 Å². The zero-order valence-corrected chi connectivity index (χ0v) is 17.5. The van der Waals surface area contributed by atoms with Gasteiger partial charge < -0.3 is 19.7 Å². The van der Waals surface area contributed by atoms with E-state index in [0.717, 1.165) is 11.1 Å². The minimum Gasteiger partial charge on any atom is -0.348 e. The van der Waals surface area contributed by atoms with E-state index in [4.69, 9.17) is 0 Å². The topological polar surface area (TPSA) is 91.7 Å². The Bertz CT molecular complexity index is 1030. The van der Waals surface area contributed by atoms with E-state index in [2.05, 4.69) is 5.32 Å². The summed E-state index contributed by atoms with van der Waals surface area (Å²) in [5.41, 5.74) is 1.87. The van der Waals surface area contributed by atoms with Crippen molar-refractivity contribution >= 4 is 17.7 Å². The van der Waals surface area contributed by atoms with Crippen molar-refractivity contribution in [2.45, 2.75) is 26.9 Å². The molecule has 3 amide bonds. The summed E-state index contributed by atoms with van der Waals surface area (Å²) in [6.45, 7) is 5.25. The first-order chi connectivity index (χ1) is 14.3. The third-order valence-electron chi connectivity index (χ3n) is 5.34. The number of benzene rings is 1. The van der Waals surface area contributed by atoms with Gasteiger partial charge in [0.2, 0.25) is 5.91 Å². The van der Waals surface area contributed by atoms with Crippen LogP contribution in [-0.4, -0.2) is 58.8 Å². The Kier molecular flexibility index (Phi) is 6.34. The van der Waals surface area contributed by atoms with Gasteiger partial charge in [0.05, 0.1) is 0 Å². The standard InChI is InChI=1S/C22H26N4O4/c1-15-4-6-17(7-5-15)14-23-20(28)18-8-9-19-22(30)25(11-10-24(3)16(2)27)12-13-26(19)21(18)29/h4-9H,10-14H2,1-3H3,(H,23,28). The van der Waals surface area contributed by atoms with Crippen LogP contribution in [0, 0.1) is 6.92 Å². The predicted molar refractivity (Wildman–Crippen MR) is 112 cm³/mol. The van der Waals surface area contributed by atoms with Gasteiger partial charge in [-0.2, -0.15) is 0 Å². The molecule has 1 N–H and O–H groups in total. The molecule has 30 heavy (non-hydrogen) atoms. The number of amides is 3. The molecule has 158 valence electrons. The van der Waals surface area contributed by atoms with E-state index in [1.54, 1.807) is 11.9 Å². The fourth-order valence-electron chi connectivity index (χ4n) is 3.27. The Balaban J connectivity index is 1.70. The maximum absolute atomic E-state index is 12.8. The van der Waals surface area contributed by atoms with E-state index in [-0.39, 0.29) is 23.1 Å². The van der Waals surface area contributed by atoms with Crippen LogP contribution in [0.4, 0.5) is 0 Å². The first kappa shape index (κ1) is 21.3. The van der Waals surface area contributed by atoms with Crippen LogP contribution in [0.25, 0.3) is 0 Å². The number of nitrogens with one attached hydrogen (secondary N) is 1. The van der Waals surface area contributed by atoms with Gasteiger partial charge in [-0.3, -0.25) is 19.2 Å². The molecule has 8 heteroatoms. The normalized spacial score (nSPS) is 13.0. The number of hydrogen-bond acceptors (Lipinski definition) is 4. The molecule has 1 aliphatic rings. The molecule has 0 radical (unpaired) electrons. The van der Waals surface area contributed by atoms with Crippen LogP contribution in [0.5, 0.6) is 0 Å². The van der Waals surface area contributed by atoms with Gasteiger partial charge in [0.1, 0.15) is 11.3 Å². The van der Waals surface area contributed by atoms with Gasteiger partial charge in [-0.15, -0.1) is 0 Å². The smallest absolute Gasteiger partial charge is 0.270 e. The van der Waals surface area contributed by atoms with Gasteiger partial charge in [0.25, 0.3) is 17.4 Å². The fraction of sp³-hybridized carbons (Fsp3) is 0.364. The Morgan fingerprint density at radius 3 is 2.43 bits per heavy atom. The van der Waals surface area contributed by atoms with Crippen molar-refractivity contribution in [3.05, 3.63) is 69.1 Å². The lowest BCUT2D eigenvalue weighted by atomic mass is 10.1. The highest BCUT2D eigenvalue weighted by atomic mass is 16.2. The number of carbonyl (C=O) groups is 3.